The third-order valence-electron chi connectivity index (χ3n) is 6.54. The van der Waals surface area contributed by atoms with Crippen LogP contribution in [0.2, 0.25) is 0 Å². The Kier molecular flexibility index (Phi) is 5.69. The van der Waals surface area contributed by atoms with Gasteiger partial charge in [-0.3, -0.25) is 9.69 Å². The fourth-order valence-electron chi connectivity index (χ4n) is 4.98. The third-order valence-corrected chi connectivity index (χ3v) is 7.76. The van der Waals surface area contributed by atoms with Gasteiger partial charge in [-0.15, -0.1) is 11.3 Å². The number of piperidine rings is 1. The second-order valence-electron chi connectivity index (χ2n) is 8.75. The van der Waals surface area contributed by atoms with Crippen molar-refractivity contribution in [1.82, 2.24) is 24.8 Å². The summed E-state index contributed by atoms with van der Waals surface area (Å²) in [6.45, 7) is 6.01. The van der Waals surface area contributed by atoms with Crippen LogP contribution in [-0.4, -0.2) is 45.0 Å². The molecule has 5 rings (SSSR count). The van der Waals surface area contributed by atoms with Crippen molar-refractivity contribution in [2.45, 2.75) is 52.1 Å². The van der Waals surface area contributed by atoms with Gasteiger partial charge in [0.05, 0.1) is 11.1 Å². The smallest absolute Gasteiger partial charge is 0.261 e. The maximum atomic E-state index is 12.7. The maximum absolute atomic E-state index is 12.7. The number of fused-ring (bicyclic) bond motifs is 2. The zero-order valence-corrected chi connectivity index (χ0v) is 19.7. The molecule has 1 atom stereocenters. The van der Waals surface area contributed by atoms with E-state index in [0.717, 1.165) is 47.8 Å². The summed E-state index contributed by atoms with van der Waals surface area (Å²) >= 11 is 1.60. The fraction of sp³-hybridized carbons (Fsp3) is 0.400. The Morgan fingerprint density at radius 1 is 1.25 bits per heavy atom. The van der Waals surface area contributed by atoms with Gasteiger partial charge in [-0.25, -0.2) is 9.50 Å². The van der Waals surface area contributed by atoms with Crippen LogP contribution >= 0.6 is 11.3 Å². The molecule has 0 saturated carbocycles. The molecule has 3 aromatic heterocycles. The lowest BCUT2D eigenvalue weighted by Crippen LogP contribution is -2.40. The van der Waals surface area contributed by atoms with Gasteiger partial charge in [0.1, 0.15) is 0 Å². The van der Waals surface area contributed by atoms with Crippen LogP contribution < -0.4 is 5.32 Å². The zero-order chi connectivity index (χ0) is 22.2. The summed E-state index contributed by atoms with van der Waals surface area (Å²) in [6, 6.07) is 10.8. The van der Waals surface area contributed by atoms with Gasteiger partial charge in [-0.2, -0.15) is 5.10 Å². The number of nitrogens with zero attached hydrogens (tertiary/aromatic N) is 4. The molecular formula is C25H29N5OS. The molecule has 0 aliphatic carbocycles. The minimum absolute atomic E-state index is 0.0151. The van der Waals surface area contributed by atoms with Crippen LogP contribution in [-0.2, 0) is 13.0 Å². The summed E-state index contributed by atoms with van der Waals surface area (Å²) in [7, 11) is 1.71. The maximum Gasteiger partial charge on any atom is 0.261 e. The summed E-state index contributed by atoms with van der Waals surface area (Å²) in [6.07, 6.45) is 6.42. The minimum atomic E-state index is 0.0151. The second-order valence-corrected chi connectivity index (χ2v) is 9.81. The molecule has 1 N–H and O–H groups in total. The first-order chi connectivity index (χ1) is 15.5. The molecule has 7 heteroatoms. The van der Waals surface area contributed by atoms with Crippen LogP contribution in [0.5, 0.6) is 0 Å². The first-order valence-electron chi connectivity index (χ1n) is 11.3. The summed E-state index contributed by atoms with van der Waals surface area (Å²) in [4.78, 5) is 20.9. The average Bonchev–Trinajstić information content (AvgIpc) is 3.36. The molecule has 0 unspecified atom stereocenters. The van der Waals surface area contributed by atoms with Crippen molar-refractivity contribution in [2.24, 2.45) is 0 Å². The summed E-state index contributed by atoms with van der Waals surface area (Å²) < 4.78 is 3.12. The van der Waals surface area contributed by atoms with Gasteiger partial charge in [0.15, 0.2) is 5.65 Å². The van der Waals surface area contributed by atoms with Crippen LogP contribution in [0.4, 0.5) is 0 Å². The molecular weight excluding hydrogens is 418 g/mol. The van der Waals surface area contributed by atoms with Crippen LogP contribution in [0.15, 0.2) is 36.5 Å². The number of nitrogens with one attached hydrogen (secondary N) is 1. The zero-order valence-electron chi connectivity index (χ0n) is 18.9. The number of likely N-dealkylation sites (tertiary alicyclic amines) is 1. The highest BCUT2D eigenvalue weighted by atomic mass is 32.1. The summed E-state index contributed by atoms with van der Waals surface area (Å²) in [5.74, 6) is 0.0151. The highest BCUT2D eigenvalue weighted by Gasteiger charge is 2.27. The quantitative estimate of drug-likeness (QED) is 0.489. The first-order valence-corrected chi connectivity index (χ1v) is 12.1. The van der Waals surface area contributed by atoms with Crippen LogP contribution in [0, 0.1) is 13.8 Å². The van der Waals surface area contributed by atoms with E-state index in [-0.39, 0.29) is 5.91 Å². The van der Waals surface area contributed by atoms with E-state index in [4.69, 9.17) is 4.98 Å². The Balaban J connectivity index is 1.47. The van der Waals surface area contributed by atoms with Crippen molar-refractivity contribution in [3.05, 3.63) is 63.9 Å². The van der Waals surface area contributed by atoms with Crippen LogP contribution in [0.25, 0.3) is 15.7 Å². The number of benzene rings is 1. The van der Waals surface area contributed by atoms with Gasteiger partial charge in [-0.1, -0.05) is 24.6 Å². The van der Waals surface area contributed by atoms with Crippen LogP contribution in [0.3, 0.4) is 0 Å². The van der Waals surface area contributed by atoms with Crippen molar-refractivity contribution < 1.29 is 4.79 Å². The van der Waals surface area contributed by atoms with E-state index in [9.17, 15) is 4.79 Å². The molecule has 0 radical (unpaired) electrons. The molecule has 166 valence electrons. The number of hydrogen-bond acceptors (Lipinski definition) is 5. The SMILES string of the molecule is CNC(=O)c1sc2ccccc2c1C[C@@H]1CCCCN1Cc1cnn2c(C)cc(C)nc12. The Hall–Kier alpha value is -2.77. The Morgan fingerprint density at radius 2 is 2.09 bits per heavy atom. The first kappa shape index (κ1) is 21.1. The largest absolute Gasteiger partial charge is 0.354 e. The van der Waals surface area contributed by atoms with Crippen LogP contribution in [0.1, 0.15) is 51.4 Å². The number of aromatic nitrogens is 3. The van der Waals surface area contributed by atoms with E-state index in [1.54, 1.807) is 18.4 Å². The number of thiophene rings is 1. The lowest BCUT2D eigenvalue weighted by molar-refractivity contribution is 0.0964. The third kappa shape index (κ3) is 3.80. The average molecular weight is 448 g/mol. The summed E-state index contributed by atoms with van der Waals surface area (Å²) in [5, 5.41) is 8.64. The standard InChI is InChI=1S/C25H29N5OS/c1-16-12-17(2)30-24(28-16)18(14-27-30)15-29-11-7-6-8-19(29)13-21-20-9-4-5-10-22(20)32-23(21)25(31)26-3/h4-5,9-10,12,14,19H,6-8,11,13,15H2,1-3H3,(H,26,31)/t19-/m0/s1. The van der Waals surface area contributed by atoms with Crippen molar-refractivity contribution >= 4 is 33.0 Å². The van der Waals surface area contributed by atoms with Crippen molar-refractivity contribution in [1.29, 1.82) is 0 Å². The second kappa shape index (κ2) is 8.64. The highest BCUT2D eigenvalue weighted by molar-refractivity contribution is 7.21. The molecule has 4 heterocycles. The molecule has 1 saturated heterocycles. The molecule has 1 aromatic carbocycles. The molecule has 1 fully saturated rings. The van der Waals surface area contributed by atoms with Gasteiger partial charge < -0.3 is 5.32 Å². The van der Waals surface area contributed by atoms with Gasteiger partial charge in [0.2, 0.25) is 0 Å². The highest BCUT2D eigenvalue weighted by Crippen LogP contribution is 2.34. The van der Waals surface area contributed by atoms with Gasteiger partial charge in [-0.05, 0) is 62.7 Å². The molecule has 6 nitrogen and oxygen atoms in total. The van der Waals surface area contributed by atoms with Crippen molar-refractivity contribution in [2.75, 3.05) is 13.6 Å². The fourth-order valence-corrected chi connectivity index (χ4v) is 6.16. The van der Waals surface area contributed by atoms with Gasteiger partial charge in [0, 0.05) is 41.3 Å². The molecule has 0 bridgehead atoms. The predicted molar refractivity (Wildman–Crippen MR) is 129 cm³/mol. The van der Waals surface area contributed by atoms with E-state index in [1.807, 2.05) is 23.7 Å². The van der Waals surface area contributed by atoms with Gasteiger partial charge in [0.25, 0.3) is 5.91 Å². The molecule has 1 aliphatic heterocycles. The Bertz CT molecular complexity index is 1290. The number of carbonyl (C=O) groups excluding carboxylic acids is 1. The molecule has 1 aliphatic rings. The lowest BCUT2D eigenvalue weighted by Gasteiger charge is -2.35. The molecule has 1 amide bonds. The van der Waals surface area contributed by atoms with Crippen molar-refractivity contribution in [3.8, 4) is 0 Å². The summed E-state index contributed by atoms with van der Waals surface area (Å²) in [5.41, 5.74) is 5.44. The number of rotatable bonds is 5. The van der Waals surface area contributed by atoms with E-state index in [2.05, 4.69) is 46.5 Å². The number of carbonyl (C=O) groups is 1. The number of amides is 1. The van der Waals surface area contributed by atoms with E-state index >= 15 is 0 Å². The Morgan fingerprint density at radius 3 is 2.94 bits per heavy atom. The number of aryl methyl sites for hydroxylation is 2. The van der Waals surface area contributed by atoms with E-state index < -0.39 is 0 Å². The molecule has 4 aromatic rings. The van der Waals surface area contributed by atoms with E-state index in [1.165, 1.54) is 34.1 Å². The monoisotopic (exact) mass is 447 g/mol. The minimum Gasteiger partial charge on any atom is -0.354 e. The topological polar surface area (TPSA) is 62.5 Å². The predicted octanol–water partition coefficient (Wildman–Crippen LogP) is 4.52. The Labute approximate surface area is 192 Å². The lowest BCUT2D eigenvalue weighted by atomic mass is 9.93. The normalized spacial score (nSPS) is 17.3. The molecule has 32 heavy (non-hydrogen) atoms. The van der Waals surface area contributed by atoms with Gasteiger partial charge >= 0.3 is 0 Å². The van der Waals surface area contributed by atoms with E-state index in [0.29, 0.717) is 6.04 Å². The molecule has 0 spiro atoms. The number of hydrogen-bond donors (Lipinski definition) is 1. The van der Waals surface area contributed by atoms with Crippen molar-refractivity contribution in [3.63, 3.8) is 0 Å².